The normalized spacial score (nSPS) is 22.1. The van der Waals surface area contributed by atoms with Crippen molar-refractivity contribution in [2.24, 2.45) is 5.92 Å². The number of fused-ring (bicyclic) bond motifs is 1. The molecule has 2 aromatic carbocycles. The molecule has 2 fully saturated rings. The average molecular weight is 586 g/mol. The van der Waals surface area contributed by atoms with Gasteiger partial charge in [-0.2, -0.15) is 0 Å². The highest BCUT2D eigenvalue weighted by Crippen LogP contribution is 2.36. The maximum Gasteiger partial charge on any atom is 0.308 e. The van der Waals surface area contributed by atoms with E-state index in [-0.39, 0.29) is 6.04 Å². The summed E-state index contributed by atoms with van der Waals surface area (Å²) in [4.78, 5) is 21.6. The van der Waals surface area contributed by atoms with Gasteiger partial charge in [0.05, 0.1) is 30.9 Å². The second-order valence-electron chi connectivity index (χ2n) is 12.1. The van der Waals surface area contributed by atoms with E-state index in [0.717, 1.165) is 74.0 Å². The van der Waals surface area contributed by atoms with Gasteiger partial charge in [0.1, 0.15) is 18.2 Å². The maximum absolute atomic E-state index is 11.9. The average Bonchev–Trinajstić information content (AvgIpc) is 3.71. The predicted molar refractivity (Wildman–Crippen MR) is 167 cm³/mol. The van der Waals surface area contributed by atoms with Gasteiger partial charge < -0.3 is 24.2 Å². The van der Waals surface area contributed by atoms with Crippen molar-refractivity contribution in [3.8, 4) is 17.0 Å². The van der Waals surface area contributed by atoms with Crippen molar-refractivity contribution >= 4 is 11.8 Å². The van der Waals surface area contributed by atoms with Crippen LogP contribution in [0.2, 0.25) is 0 Å². The molecule has 0 saturated carbocycles. The molecule has 3 unspecified atom stereocenters. The molecule has 6 rings (SSSR count). The molecule has 3 aliphatic rings. The molecule has 0 amide bonds. The maximum atomic E-state index is 11.9. The monoisotopic (exact) mass is 585 g/mol. The van der Waals surface area contributed by atoms with Gasteiger partial charge in [0.25, 0.3) is 0 Å². The first-order chi connectivity index (χ1) is 21.0. The quantitative estimate of drug-likeness (QED) is 0.345. The molecule has 2 saturated heterocycles. The third-order valence-electron chi connectivity index (χ3n) is 9.43. The Morgan fingerprint density at radius 2 is 2.00 bits per heavy atom. The van der Waals surface area contributed by atoms with E-state index in [1.165, 1.54) is 22.3 Å². The number of carbonyl (C=O) groups is 1. The Morgan fingerprint density at radius 3 is 2.77 bits per heavy atom. The number of ether oxygens (including phenoxy) is 3. The fraction of sp³-hybridized carbons (Fsp3) is 0.486. The largest absolute Gasteiger partial charge is 0.488 e. The number of methoxy groups -OCH3 is 1. The number of carboxylic acids is 1. The van der Waals surface area contributed by atoms with E-state index in [0.29, 0.717) is 32.2 Å². The molecule has 3 aliphatic heterocycles. The second kappa shape index (κ2) is 13.0. The van der Waals surface area contributed by atoms with Crippen molar-refractivity contribution in [1.29, 1.82) is 0 Å². The van der Waals surface area contributed by atoms with Crippen LogP contribution in [0.5, 0.6) is 5.75 Å². The summed E-state index contributed by atoms with van der Waals surface area (Å²) in [6, 6.07) is 17.0. The Morgan fingerprint density at radius 1 is 1.14 bits per heavy atom. The number of benzene rings is 2. The van der Waals surface area contributed by atoms with Crippen molar-refractivity contribution < 1.29 is 24.1 Å². The molecular formula is C35H43N3O5. The zero-order valence-corrected chi connectivity index (χ0v) is 25.6. The number of aliphatic carboxylic acids is 1. The fourth-order valence-electron chi connectivity index (χ4n) is 7.10. The van der Waals surface area contributed by atoms with Crippen LogP contribution >= 0.6 is 0 Å². The molecule has 0 spiro atoms. The van der Waals surface area contributed by atoms with E-state index >= 15 is 0 Å². The highest BCUT2D eigenvalue weighted by molar-refractivity contribution is 5.74. The van der Waals surface area contributed by atoms with E-state index in [1.54, 1.807) is 7.11 Å². The SMILES string of the molecule is CCc1cc(COc2c(C)cccc2-c2cccc(N3CCC(C(=O)O)C3COC)n2)cc2c1CN(C1CCOC1)CC2. The first-order valence-electron chi connectivity index (χ1n) is 15.6. The van der Waals surface area contributed by atoms with Crippen LogP contribution in [0.1, 0.15) is 47.6 Å². The van der Waals surface area contributed by atoms with Gasteiger partial charge in [-0.05, 0) is 78.6 Å². The van der Waals surface area contributed by atoms with Gasteiger partial charge in [-0.25, -0.2) is 4.98 Å². The summed E-state index contributed by atoms with van der Waals surface area (Å²) in [6.07, 6.45) is 3.76. The van der Waals surface area contributed by atoms with E-state index in [1.807, 2.05) is 24.3 Å². The number of nitrogens with zero attached hydrogens (tertiary/aromatic N) is 3. The molecule has 0 bridgehead atoms. The lowest BCUT2D eigenvalue weighted by Crippen LogP contribution is -2.40. The van der Waals surface area contributed by atoms with Crippen molar-refractivity contribution in [3.63, 3.8) is 0 Å². The standard InChI is InChI=1S/C35H43N3O5/c1-4-25-17-24(18-26-11-14-37(19-30(25)26)27-13-16-42-21-27)20-43-34-23(2)7-5-8-28(34)31-9-6-10-33(36-31)38-15-12-29(35(39)40)32(38)22-41-3/h5-10,17-18,27,29,32H,4,11-16,19-22H2,1-3H3,(H,39,40). The van der Waals surface area contributed by atoms with Crippen molar-refractivity contribution in [2.75, 3.05) is 44.9 Å². The van der Waals surface area contributed by atoms with Crippen LogP contribution in [0.3, 0.4) is 0 Å². The molecule has 8 nitrogen and oxygen atoms in total. The van der Waals surface area contributed by atoms with Crippen LogP contribution in [-0.4, -0.2) is 73.1 Å². The number of carboxylic acid groups (broad SMARTS) is 1. The lowest BCUT2D eigenvalue weighted by atomic mass is 9.90. The molecule has 43 heavy (non-hydrogen) atoms. The zero-order valence-electron chi connectivity index (χ0n) is 25.6. The summed E-state index contributed by atoms with van der Waals surface area (Å²) in [6.45, 7) is 9.59. The van der Waals surface area contributed by atoms with E-state index in [4.69, 9.17) is 19.2 Å². The Hall–Kier alpha value is -3.46. The van der Waals surface area contributed by atoms with Gasteiger partial charge in [-0.3, -0.25) is 9.69 Å². The molecule has 8 heteroatoms. The van der Waals surface area contributed by atoms with E-state index < -0.39 is 11.9 Å². The number of rotatable bonds is 10. The highest BCUT2D eigenvalue weighted by Gasteiger charge is 2.39. The van der Waals surface area contributed by atoms with Crippen molar-refractivity contribution in [3.05, 3.63) is 76.3 Å². The molecule has 3 aromatic rings. The summed E-state index contributed by atoms with van der Waals surface area (Å²) >= 11 is 0. The number of hydrogen-bond acceptors (Lipinski definition) is 7. The molecule has 3 atom stereocenters. The Balaban J connectivity index is 1.23. The smallest absolute Gasteiger partial charge is 0.308 e. The zero-order chi connectivity index (χ0) is 29.9. The predicted octanol–water partition coefficient (Wildman–Crippen LogP) is 5.27. The second-order valence-corrected chi connectivity index (χ2v) is 12.1. The third kappa shape index (κ3) is 6.14. The Kier molecular flexibility index (Phi) is 8.98. The Bertz CT molecular complexity index is 1440. The van der Waals surface area contributed by atoms with Crippen LogP contribution in [0.15, 0.2) is 48.5 Å². The first-order valence-corrected chi connectivity index (χ1v) is 15.6. The minimum atomic E-state index is -0.788. The first kappa shape index (κ1) is 29.6. The summed E-state index contributed by atoms with van der Waals surface area (Å²) in [5.41, 5.74) is 8.34. The number of aromatic nitrogens is 1. The molecule has 0 radical (unpaired) electrons. The van der Waals surface area contributed by atoms with Gasteiger partial charge in [0, 0.05) is 45.0 Å². The minimum absolute atomic E-state index is 0.256. The number of para-hydroxylation sites is 1. The van der Waals surface area contributed by atoms with Gasteiger partial charge in [-0.1, -0.05) is 37.3 Å². The van der Waals surface area contributed by atoms with Crippen LogP contribution in [0.25, 0.3) is 11.3 Å². The summed E-state index contributed by atoms with van der Waals surface area (Å²) < 4.78 is 17.7. The van der Waals surface area contributed by atoms with Crippen molar-refractivity contribution in [2.45, 2.75) is 64.8 Å². The summed E-state index contributed by atoms with van der Waals surface area (Å²) in [5, 5.41) is 9.76. The van der Waals surface area contributed by atoms with Gasteiger partial charge in [0.15, 0.2) is 0 Å². The van der Waals surface area contributed by atoms with Crippen LogP contribution in [0, 0.1) is 12.8 Å². The number of anilines is 1. The molecule has 228 valence electrons. The van der Waals surface area contributed by atoms with E-state index in [9.17, 15) is 9.90 Å². The van der Waals surface area contributed by atoms with Gasteiger partial charge >= 0.3 is 5.97 Å². The molecular weight excluding hydrogens is 542 g/mol. The molecule has 1 N–H and O–H groups in total. The Labute approximate surface area is 254 Å². The number of hydrogen-bond donors (Lipinski definition) is 1. The molecule has 4 heterocycles. The van der Waals surface area contributed by atoms with Crippen LogP contribution in [0.4, 0.5) is 5.82 Å². The summed E-state index contributed by atoms with van der Waals surface area (Å²) in [5.74, 6) is 0.321. The highest BCUT2D eigenvalue weighted by atomic mass is 16.5. The lowest BCUT2D eigenvalue weighted by molar-refractivity contribution is -0.142. The van der Waals surface area contributed by atoms with Crippen LogP contribution < -0.4 is 9.64 Å². The molecule has 1 aromatic heterocycles. The van der Waals surface area contributed by atoms with Gasteiger partial charge in [-0.15, -0.1) is 0 Å². The van der Waals surface area contributed by atoms with E-state index in [2.05, 4.69) is 47.9 Å². The van der Waals surface area contributed by atoms with Crippen LogP contribution in [-0.2, 0) is 40.3 Å². The van der Waals surface area contributed by atoms with Crippen molar-refractivity contribution in [1.82, 2.24) is 9.88 Å². The fourth-order valence-corrected chi connectivity index (χ4v) is 7.10. The number of aryl methyl sites for hydroxylation is 2. The lowest BCUT2D eigenvalue weighted by Gasteiger charge is -2.34. The van der Waals surface area contributed by atoms with Gasteiger partial charge in [0.2, 0.25) is 0 Å². The summed E-state index contributed by atoms with van der Waals surface area (Å²) in [7, 11) is 1.61. The topological polar surface area (TPSA) is 84.4 Å². The minimum Gasteiger partial charge on any atom is -0.488 e. The molecule has 0 aliphatic carbocycles. The number of pyridine rings is 1. The third-order valence-corrected chi connectivity index (χ3v) is 9.43.